The first-order valence-corrected chi connectivity index (χ1v) is 18.5. The van der Waals surface area contributed by atoms with Crippen LogP contribution >= 0.6 is 0 Å². The van der Waals surface area contributed by atoms with E-state index in [0.29, 0.717) is 17.5 Å². The van der Waals surface area contributed by atoms with Crippen LogP contribution in [0.1, 0.15) is 33.6 Å². The van der Waals surface area contributed by atoms with Gasteiger partial charge < -0.3 is 4.74 Å². The summed E-state index contributed by atoms with van der Waals surface area (Å²) < 4.78 is 6.91. The number of allylic oxidation sites excluding steroid dienone is 8. The van der Waals surface area contributed by atoms with E-state index in [1.807, 2.05) is 36.4 Å². The molecule has 3 aliphatic carbocycles. The van der Waals surface area contributed by atoms with Crippen LogP contribution in [0.3, 0.4) is 0 Å². The Hall–Kier alpha value is -6.91. The molecule has 0 saturated heterocycles. The third-order valence-corrected chi connectivity index (χ3v) is 11.4. The van der Waals surface area contributed by atoms with Crippen LogP contribution in [0.2, 0.25) is 0 Å². The van der Waals surface area contributed by atoms with E-state index >= 15 is 0 Å². The van der Waals surface area contributed by atoms with Crippen LogP contribution in [0, 0.1) is 11.8 Å². The highest BCUT2D eigenvalue weighted by Gasteiger charge is 2.51. The fraction of sp³-hybridized carbons (Fsp3) is 0.0600. The monoisotopic (exact) mass is 691 g/mol. The van der Waals surface area contributed by atoms with Crippen molar-refractivity contribution in [2.75, 3.05) is 0 Å². The number of rotatable bonds is 4. The molecule has 4 heteroatoms. The minimum atomic E-state index is -0.513. The van der Waals surface area contributed by atoms with Gasteiger partial charge >= 0.3 is 0 Å². The van der Waals surface area contributed by atoms with E-state index in [0.717, 1.165) is 50.5 Å². The molecule has 0 amide bonds. The van der Waals surface area contributed by atoms with Crippen molar-refractivity contribution in [3.8, 4) is 45.4 Å². The van der Waals surface area contributed by atoms with Crippen LogP contribution in [0.15, 0.2) is 188 Å². The quantitative estimate of drug-likeness (QED) is 0.184. The van der Waals surface area contributed by atoms with E-state index in [-0.39, 0.29) is 11.8 Å². The van der Waals surface area contributed by atoms with Gasteiger partial charge in [0.15, 0.2) is 17.5 Å². The topological polar surface area (TPSA) is 47.9 Å². The fourth-order valence-electron chi connectivity index (χ4n) is 9.05. The number of nitrogens with zero attached hydrogens (tertiary/aromatic N) is 3. The number of hydrogen-bond acceptors (Lipinski definition) is 4. The maximum absolute atomic E-state index is 6.91. The van der Waals surface area contributed by atoms with E-state index in [2.05, 4.69) is 152 Å². The average molecular weight is 692 g/mol. The molecule has 7 aromatic rings. The number of para-hydroxylation sites is 1. The third-order valence-electron chi connectivity index (χ3n) is 11.4. The highest BCUT2D eigenvalue weighted by atomic mass is 16.5. The first-order chi connectivity index (χ1) is 26.8. The van der Waals surface area contributed by atoms with Gasteiger partial charge in [0.05, 0.1) is 5.41 Å². The van der Waals surface area contributed by atoms with Gasteiger partial charge in [-0.15, -0.1) is 0 Å². The zero-order valence-electron chi connectivity index (χ0n) is 29.3. The molecule has 2 atom stereocenters. The Bertz CT molecular complexity index is 2660. The predicted octanol–water partition coefficient (Wildman–Crippen LogP) is 11.5. The lowest BCUT2D eigenvalue weighted by atomic mass is 9.66. The summed E-state index contributed by atoms with van der Waals surface area (Å²) in [5.74, 6) is 3.93. The summed E-state index contributed by atoms with van der Waals surface area (Å²) in [4.78, 5) is 15.5. The first-order valence-electron chi connectivity index (χ1n) is 18.5. The first kappa shape index (κ1) is 30.7. The Kier molecular flexibility index (Phi) is 6.86. The highest BCUT2D eigenvalue weighted by molar-refractivity contribution is 5.98. The second kappa shape index (κ2) is 12.1. The van der Waals surface area contributed by atoms with Crippen molar-refractivity contribution >= 4 is 11.1 Å². The molecule has 0 saturated carbocycles. The number of ether oxygens (including phenoxy) is 1. The van der Waals surface area contributed by atoms with E-state index in [4.69, 9.17) is 19.7 Å². The zero-order chi connectivity index (χ0) is 35.6. The van der Waals surface area contributed by atoms with Crippen LogP contribution in [-0.4, -0.2) is 15.0 Å². The molecule has 6 aromatic carbocycles. The molecule has 4 aliphatic rings. The second-order valence-electron chi connectivity index (χ2n) is 14.2. The average Bonchev–Trinajstić information content (AvgIpc) is 3.54. The molecule has 2 heterocycles. The summed E-state index contributed by atoms with van der Waals surface area (Å²) in [6, 6.07) is 53.4. The SMILES string of the molecule is C1=CC2C=CC(c3ccc4c(c3)Oc3ccccc3C43c4ccccc4-c4ccccc43)=C(c3nc(-c4ccccc4)nc(-c4ccccc4)n3)C2C=C1. The van der Waals surface area contributed by atoms with Gasteiger partial charge in [-0.05, 0) is 45.5 Å². The Morgan fingerprint density at radius 3 is 1.69 bits per heavy atom. The number of benzene rings is 6. The lowest BCUT2D eigenvalue weighted by Crippen LogP contribution is -2.32. The Morgan fingerprint density at radius 1 is 0.444 bits per heavy atom. The largest absolute Gasteiger partial charge is 0.457 e. The lowest BCUT2D eigenvalue weighted by Gasteiger charge is -2.39. The summed E-state index contributed by atoms with van der Waals surface area (Å²) in [7, 11) is 0. The van der Waals surface area contributed by atoms with Gasteiger partial charge in [-0.25, -0.2) is 15.0 Å². The van der Waals surface area contributed by atoms with Gasteiger partial charge in [-0.2, -0.15) is 0 Å². The minimum Gasteiger partial charge on any atom is -0.457 e. The van der Waals surface area contributed by atoms with Gasteiger partial charge in [-0.1, -0.05) is 176 Å². The van der Waals surface area contributed by atoms with Crippen molar-refractivity contribution in [3.63, 3.8) is 0 Å². The van der Waals surface area contributed by atoms with Crippen molar-refractivity contribution in [2.45, 2.75) is 5.41 Å². The molecule has 254 valence electrons. The van der Waals surface area contributed by atoms with Gasteiger partial charge in [0.2, 0.25) is 0 Å². The number of fused-ring (bicyclic) bond motifs is 10. The molecular weight excluding hydrogens is 659 g/mol. The number of hydrogen-bond donors (Lipinski definition) is 0. The van der Waals surface area contributed by atoms with Crippen molar-refractivity contribution < 1.29 is 4.74 Å². The normalized spacial score (nSPS) is 18.0. The van der Waals surface area contributed by atoms with Crippen molar-refractivity contribution in [2.24, 2.45) is 11.8 Å². The fourth-order valence-corrected chi connectivity index (χ4v) is 9.05. The summed E-state index contributed by atoms with van der Waals surface area (Å²) in [6.45, 7) is 0. The summed E-state index contributed by atoms with van der Waals surface area (Å²) in [5.41, 5.74) is 12.0. The molecule has 0 radical (unpaired) electrons. The molecule has 4 nitrogen and oxygen atoms in total. The van der Waals surface area contributed by atoms with Gasteiger partial charge in [-0.3, -0.25) is 0 Å². The van der Waals surface area contributed by atoms with Crippen molar-refractivity contribution in [1.29, 1.82) is 0 Å². The molecule has 54 heavy (non-hydrogen) atoms. The number of aromatic nitrogens is 3. The van der Waals surface area contributed by atoms with Gasteiger partial charge in [0, 0.05) is 39.7 Å². The summed E-state index contributed by atoms with van der Waals surface area (Å²) in [5, 5.41) is 0. The third kappa shape index (κ3) is 4.53. The van der Waals surface area contributed by atoms with Crippen molar-refractivity contribution in [3.05, 3.63) is 222 Å². The Labute approximate surface area is 314 Å². The zero-order valence-corrected chi connectivity index (χ0v) is 29.3. The molecule has 11 rings (SSSR count). The van der Waals surface area contributed by atoms with E-state index in [1.54, 1.807) is 0 Å². The highest BCUT2D eigenvalue weighted by Crippen LogP contribution is 2.62. The smallest absolute Gasteiger partial charge is 0.164 e. The lowest BCUT2D eigenvalue weighted by molar-refractivity contribution is 0.436. The maximum atomic E-state index is 6.91. The van der Waals surface area contributed by atoms with E-state index < -0.39 is 5.41 Å². The van der Waals surface area contributed by atoms with Crippen LogP contribution in [-0.2, 0) is 5.41 Å². The van der Waals surface area contributed by atoms with Crippen LogP contribution < -0.4 is 4.74 Å². The molecule has 1 aliphatic heterocycles. The predicted molar refractivity (Wildman–Crippen MR) is 216 cm³/mol. The molecule has 1 spiro atoms. The van der Waals surface area contributed by atoms with Gasteiger partial charge in [0.1, 0.15) is 11.5 Å². The van der Waals surface area contributed by atoms with Crippen LogP contribution in [0.4, 0.5) is 0 Å². The van der Waals surface area contributed by atoms with Gasteiger partial charge in [0.25, 0.3) is 0 Å². The molecule has 0 N–H and O–H groups in total. The van der Waals surface area contributed by atoms with Crippen molar-refractivity contribution in [1.82, 2.24) is 15.0 Å². The second-order valence-corrected chi connectivity index (χ2v) is 14.2. The molecule has 0 bridgehead atoms. The summed E-state index contributed by atoms with van der Waals surface area (Å²) >= 11 is 0. The summed E-state index contributed by atoms with van der Waals surface area (Å²) in [6.07, 6.45) is 13.4. The Balaban J connectivity index is 1.15. The van der Waals surface area contributed by atoms with E-state index in [1.165, 1.54) is 22.3 Å². The molecule has 2 unspecified atom stereocenters. The standard InChI is InChI=1S/C50H33N3O/c1-3-16-33(17-4-1)47-51-48(34-18-5-2-6-19-34)53-49(52-47)46-36-20-8-7-15-32(36)27-29-37(46)35-28-30-43-45(31-35)54-44-26-14-13-25-42(44)50(43)40-23-11-9-21-38(40)39-22-10-12-24-41(39)50/h1-32,36H. The van der Waals surface area contributed by atoms with E-state index in [9.17, 15) is 0 Å². The van der Waals surface area contributed by atoms with Crippen LogP contribution in [0.5, 0.6) is 11.5 Å². The molecular formula is C50H33N3O. The Morgan fingerprint density at radius 2 is 1.00 bits per heavy atom. The molecule has 1 aromatic heterocycles. The minimum absolute atomic E-state index is 0.0438. The molecule has 0 fully saturated rings. The van der Waals surface area contributed by atoms with Crippen LogP contribution in [0.25, 0.3) is 45.0 Å². The maximum Gasteiger partial charge on any atom is 0.164 e.